The third-order valence-corrected chi connectivity index (χ3v) is 5.03. The van der Waals surface area contributed by atoms with Gasteiger partial charge in [-0.3, -0.25) is 4.79 Å². The molecule has 1 aromatic carbocycles. The Bertz CT molecular complexity index is 333. The number of carbonyl (C=O) groups excluding carboxylic acids is 1. The van der Waals surface area contributed by atoms with E-state index in [9.17, 15) is 4.79 Å². The zero-order chi connectivity index (χ0) is 12.0. The van der Waals surface area contributed by atoms with Gasteiger partial charge in [-0.05, 0) is 24.7 Å². The van der Waals surface area contributed by atoms with Crippen molar-refractivity contribution in [1.82, 2.24) is 0 Å². The van der Waals surface area contributed by atoms with Crippen LogP contribution in [0.2, 0.25) is 13.1 Å². The maximum Gasteiger partial charge on any atom is 0.292 e. The molecule has 0 saturated carbocycles. The lowest BCUT2D eigenvalue weighted by molar-refractivity contribution is -0.135. The molecule has 1 rings (SSSR count). The molecule has 0 fully saturated rings. The fraction of sp³-hybridized carbons (Fsp3) is 0.462. The van der Waals surface area contributed by atoms with Gasteiger partial charge >= 0.3 is 0 Å². The van der Waals surface area contributed by atoms with E-state index in [1.807, 2.05) is 30.3 Å². The van der Waals surface area contributed by atoms with Crippen LogP contribution in [-0.4, -0.2) is 14.3 Å². The van der Waals surface area contributed by atoms with Crippen LogP contribution in [0.5, 0.6) is 0 Å². The summed E-state index contributed by atoms with van der Waals surface area (Å²) in [5, 5.41) is 1.17. The highest BCUT2D eigenvalue weighted by atomic mass is 28.4. The highest BCUT2D eigenvalue weighted by molar-refractivity contribution is 6.85. The standard InChI is InChI=1S/C13H20O2Si/c1-4-5-11-13(14)15-16(2,3)12-9-7-6-8-10-12/h6-10H,4-5,11H2,1-3H3. The molecule has 0 aliphatic carbocycles. The minimum atomic E-state index is -2.04. The van der Waals surface area contributed by atoms with Crippen molar-refractivity contribution in [3.05, 3.63) is 30.3 Å². The van der Waals surface area contributed by atoms with Crippen molar-refractivity contribution in [2.24, 2.45) is 0 Å². The molecule has 2 nitrogen and oxygen atoms in total. The number of rotatable bonds is 5. The van der Waals surface area contributed by atoms with Gasteiger partial charge in [0, 0.05) is 6.42 Å². The first-order valence-corrected chi connectivity index (χ1v) is 8.74. The Morgan fingerprint density at radius 2 is 1.88 bits per heavy atom. The maximum absolute atomic E-state index is 11.6. The Morgan fingerprint density at radius 1 is 1.25 bits per heavy atom. The van der Waals surface area contributed by atoms with E-state index in [-0.39, 0.29) is 5.97 Å². The second-order valence-corrected chi connectivity index (χ2v) is 8.26. The van der Waals surface area contributed by atoms with Gasteiger partial charge in [0.15, 0.2) is 0 Å². The van der Waals surface area contributed by atoms with E-state index in [0.29, 0.717) is 6.42 Å². The third-order valence-electron chi connectivity index (χ3n) is 2.57. The molecule has 0 N–H and O–H groups in total. The summed E-state index contributed by atoms with van der Waals surface area (Å²) in [5.41, 5.74) is 0. The molecule has 0 heterocycles. The molecule has 0 radical (unpaired) electrons. The summed E-state index contributed by atoms with van der Waals surface area (Å²) in [5.74, 6) is -0.0534. The van der Waals surface area contributed by atoms with E-state index in [4.69, 9.17) is 4.43 Å². The van der Waals surface area contributed by atoms with E-state index in [1.165, 1.54) is 5.19 Å². The van der Waals surface area contributed by atoms with Gasteiger partial charge in [-0.15, -0.1) is 0 Å². The zero-order valence-corrected chi connectivity index (χ0v) is 11.3. The number of hydrogen-bond acceptors (Lipinski definition) is 2. The second-order valence-electron chi connectivity index (χ2n) is 4.45. The topological polar surface area (TPSA) is 26.3 Å². The molecule has 0 aliphatic rings. The summed E-state index contributed by atoms with van der Waals surface area (Å²) in [7, 11) is -2.04. The van der Waals surface area contributed by atoms with Gasteiger partial charge in [0.05, 0.1) is 0 Å². The molecule has 0 atom stereocenters. The largest absolute Gasteiger partial charge is 0.515 e. The van der Waals surface area contributed by atoms with Crippen LogP contribution in [0.25, 0.3) is 0 Å². The zero-order valence-electron chi connectivity index (χ0n) is 10.3. The first-order chi connectivity index (χ1) is 7.56. The number of unbranched alkanes of at least 4 members (excludes halogenated alkanes) is 1. The monoisotopic (exact) mass is 236 g/mol. The first-order valence-electron chi connectivity index (χ1n) is 5.83. The van der Waals surface area contributed by atoms with Gasteiger partial charge in [0.25, 0.3) is 14.3 Å². The predicted molar refractivity (Wildman–Crippen MR) is 69.2 cm³/mol. The van der Waals surface area contributed by atoms with Crippen molar-refractivity contribution in [3.8, 4) is 0 Å². The third kappa shape index (κ3) is 3.81. The van der Waals surface area contributed by atoms with E-state index < -0.39 is 8.32 Å². The lowest BCUT2D eigenvalue weighted by Gasteiger charge is -2.23. The normalized spacial score (nSPS) is 11.2. The fourth-order valence-corrected chi connectivity index (χ4v) is 3.34. The van der Waals surface area contributed by atoms with Gasteiger partial charge in [0.2, 0.25) is 0 Å². The lowest BCUT2D eigenvalue weighted by Crippen LogP contribution is -2.46. The summed E-state index contributed by atoms with van der Waals surface area (Å²) in [6.07, 6.45) is 2.49. The summed E-state index contributed by atoms with van der Waals surface area (Å²) >= 11 is 0. The molecule has 0 spiro atoms. The molecule has 3 heteroatoms. The van der Waals surface area contributed by atoms with E-state index in [0.717, 1.165) is 12.8 Å². The van der Waals surface area contributed by atoms with Crippen LogP contribution in [0.1, 0.15) is 26.2 Å². The Morgan fingerprint density at radius 3 is 2.44 bits per heavy atom. The van der Waals surface area contributed by atoms with Crippen molar-refractivity contribution in [3.63, 3.8) is 0 Å². The smallest absolute Gasteiger partial charge is 0.292 e. The Labute approximate surface area is 98.8 Å². The molecule has 0 aromatic heterocycles. The van der Waals surface area contributed by atoms with Gasteiger partial charge in [-0.1, -0.05) is 43.7 Å². The van der Waals surface area contributed by atoms with E-state index in [2.05, 4.69) is 20.0 Å². The van der Waals surface area contributed by atoms with Crippen LogP contribution < -0.4 is 5.19 Å². The number of hydrogen-bond donors (Lipinski definition) is 0. The number of carbonyl (C=O) groups is 1. The first kappa shape index (κ1) is 13.0. The van der Waals surface area contributed by atoms with Crippen molar-refractivity contribution < 1.29 is 9.22 Å². The fourth-order valence-electron chi connectivity index (χ4n) is 1.56. The molecule has 16 heavy (non-hydrogen) atoms. The van der Waals surface area contributed by atoms with Crippen LogP contribution in [0.15, 0.2) is 30.3 Å². The Balaban J connectivity index is 2.61. The second kappa shape index (κ2) is 5.85. The number of benzene rings is 1. The summed E-state index contributed by atoms with van der Waals surface area (Å²) in [4.78, 5) is 11.6. The Hall–Kier alpha value is -1.09. The maximum atomic E-state index is 11.6. The van der Waals surface area contributed by atoms with Crippen molar-refractivity contribution in [1.29, 1.82) is 0 Å². The SMILES string of the molecule is CCCCC(=O)O[Si](C)(C)c1ccccc1. The van der Waals surface area contributed by atoms with Crippen molar-refractivity contribution in [2.45, 2.75) is 39.3 Å². The highest BCUT2D eigenvalue weighted by Gasteiger charge is 2.28. The molecule has 0 amide bonds. The molecular formula is C13H20O2Si. The summed E-state index contributed by atoms with van der Waals surface area (Å²) < 4.78 is 5.63. The van der Waals surface area contributed by atoms with Gasteiger partial charge in [-0.2, -0.15) is 0 Å². The highest BCUT2D eigenvalue weighted by Crippen LogP contribution is 2.08. The van der Waals surface area contributed by atoms with Gasteiger partial charge in [-0.25, -0.2) is 0 Å². The van der Waals surface area contributed by atoms with Gasteiger partial charge < -0.3 is 4.43 Å². The van der Waals surface area contributed by atoms with Crippen LogP contribution in [-0.2, 0) is 9.22 Å². The van der Waals surface area contributed by atoms with E-state index >= 15 is 0 Å². The molecule has 88 valence electrons. The summed E-state index contributed by atoms with van der Waals surface area (Å²) in [6, 6.07) is 10.0. The molecule has 0 unspecified atom stereocenters. The van der Waals surface area contributed by atoms with Crippen molar-refractivity contribution >= 4 is 19.5 Å². The van der Waals surface area contributed by atoms with Crippen LogP contribution in [0.3, 0.4) is 0 Å². The quantitative estimate of drug-likeness (QED) is 0.735. The van der Waals surface area contributed by atoms with Crippen molar-refractivity contribution in [2.75, 3.05) is 0 Å². The van der Waals surface area contributed by atoms with E-state index in [1.54, 1.807) is 0 Å². The molecular weight excluding hydrogens is 216 g/mol. The van der Waals surface area contributed by atoms with Crippen LogP contribution >= 0.6 is 0 Å². The summed E-state index contributed by atoms with van der Waals surface area (Å²) in [6.45, 7) is 6.20. The minimum absolute atomic E-state index is 0.0534. The Kier molecular flexibility index (Phi) is 4.74. The molecule has 0 bridgehead atoms. The minimum Gasteiger partial charge on any atom is -0.515 e. The van der Waals surface area contributed by atoms with Gasteiger partial charge in [0.1, 0.15) is 0 Å². The lowest BCUT2D eigenvalue weighted by atomic mass is 10.3. The molecule has 1 aromatic rings. The van der Waals surface area contributed by atoms with Crippen LogP contribution in [0.4, 0.5) is 0 Å². The molecule has 0 aliphatic heterocycles. The van der Waals surface area contributed by atoms with Crippen LogP contribution in [0, 0.1) is 0 Å². The molecule has 0 saturated heterocycles. The predicted octanol–water partition coefficient (Wildman–Crippen LogP) is 2.83. The average molecular weight is 236 g/mol. The average Bonchev–Trinajstić information content (AvgIpc) is 2.27.